The third kappa shape index (κ3) is 5.57. The van der Waals surface area contributed by atoms with E-state index in [1.54, 1.807) is 45.5 Å². The molecular weight excluding hydrogens is 462 g/mol. The Bertz CT molecular complexity index is 898. The van der Waals surface area contributed by atoms with E-state index in [9.17, 15) is 9.59 Å². The maximum Gasteiger partial charge on any atom is 0.228 e. The van der Waals surface area contributed by atoms with Gasteiger partial charge in [0.25, 0.3) is 0 Å². The lowest BCUT2D eigenvalue weighted by molar-refractivity contribution is -0.137. The molecule has 0 spiro atoms. The van der Waals surface area contributed by atoms with Crippen LogP contribution in [0.2, 0.25) is 0 Å². The van der Waals surface area contributed by atoms with Crippen LogP contribution in [-0.4, -0.2) is 95.4 Å². The first-order valence-corrected chi connectivity index (χ1v) is 13.1. The van der Waals surface area contributed by atoms with Gasteiger partial charge in [0.15, 0.2) is 11.5 Å². The number of nitrogens with zero attached hydrogens (tertiary/aromatic N) is 3. The minimum absolute atomic E-state index is 0.0447. The number of fused-ring (bicyclic) bond motifs is 1. The largest absolute Gasteiger partial charge is 0.493 e. The van der Waals surface area contributed by atoms with E-state index in [1.165, 1.54) is 38.8 Å². The molecule has 3 saturated heterocycles. The molecule has 0 aromatic heterocycles. The molecule has 9 heteroatoms. The van der Waals surface area contributed by atoms with Crippen LogP contribution in [0.15, 0.2) is 12.1 Å². The second-order valence-corrected chi connectivity index (χ2v) is 10.1. The maximum atomic E-state index is 13.8. The molecule has 1 aromatic carbocycles. The summed E-state index contributed by atoms with van der Waals surface area (Å²) in [6, 6.07) is 4.08. The zero-order valence-electron chi connectivity index (χ0n) is 22.2. The predicted molar refractivity (Wildman–Crippen MR) is 137 cm³/mol. The summed E-state index contributed by atoms with van der Waals surface area (Å²) in [7, 11) is 6.30. The van der Waals surface area contributed by atoms with E-state index in [1.807, 2.05) is 4.90 Å². The fourth-order valence-electron chi connectivity index (χ4n) is 6.17. The van der Waals surface area contributed by atoms with Gasteiger partial charge in [-0.05, 0) is 44.7 Å². The Morgan fingerprint density at radius 2 is 1.72 bits per heavy atom. The molecule has 0 aliphatic carbocycles. The van der Waals surface area contributed by atoms with Crippen LogP contribution < -0.4 is 19.1 Å². The molecule has 3 aliphatic heterocycles. The number of benzene rings is 1. The highest BCUT2D eigenvalue weighted by Crippen LogP contribution is 2.42. The van der Waals surface area contributed by atoms with Crippen molar-refractivity contribution < 1.29 is 28.5 Å². The Morgan fingerprint density at radius 3 is 2.39 bits per heavy atom. The summed E-state index contributed by atoms with van der Waals surface area (Å²) < 4.78 is 21.7. The lowest BCUT2D eigenvalue weighted by atomic mass is 9.83. The molecule has 3 atom stereocenters. The highest BCUT2D eigenvalue weighted by molar-refractivity contribution is 6.00. The number of carbonyl (C=O) groups is 2. The van der Waals surface area contributed by atoms with Crippen LogP contribution in [-0.2, 0) is 14.3 Å². The van der Waals surface area contributed by atoms with Gasteiger partial charge in [0.05, 0.1) is 39.5 Å². The van der Waals surface area contributed by atoms with Crippen LogP contribution in [0.5, 0.6) is 17.2 Å². The maximum absolute atomic E-state index is 13.8. The highest BCUT2D eigenvalue weighted by Gasteiger charge is 2.40. The van der Waals surface area contributed by atoms with Crippen molar-refractivity contribution in [1.82, 2.24) is 9.80 Å². The van der Waals surface area contributed by atoms with Gasteiger partial charge in [-0.3, -0.25) is 9.59 Å². The molecule has 200 valence electrons. The fourth-order valence-corrected chi connectivity index (χ4v) is 6.17. The molecule has 0 saturated carbocycles. The third-order valence-electron chi connectivity index (χ3n) is 8.00. The summed E-state index contributed by atoms with van der Waals surface area (Å²) in [5.74, 6) is 1.48. The number of rotatable bonds is 10. The smallest absolute Gasteiger partial charge is 0.228 e. The van der Waals surface area contributed by atoms with E-state index < -0.39 is 0 Å². The average molecular weight is 504 g/mol. The van der Waals surface area contributed by atoms with Crippen LogP contribution in [0, 0.1) is 11.8 Å². The van der Waals surface area contributed by atoms with Gasteiger partial charge in [-0.25, -0.2) is 0 Å². The molecule has 3 heterocycles. The molecule has 1 unspecified atom stereocenters. The van der Waals surface area contributed by atoms with Crippen LogP contribution >= 0.6 is 0 Å². The minimum atomic E-state index is -0.389. The second kappa shape index (κ2) is 12.1. The van der Waals surface area contributed by atoms with Crippen molar-refractivity contribution >= 4 is 17.5 Å². The van der Waals surface area contributed by atoms with E-state index in [2.05, 4.69) is 4.90 Å². The quantitative estimate of drug-likeness (QED) is 0.486. The van der Waals surface area contributed by atoms with Gasteiger partial charge in [0.2, 0.25) is 17.6 Å². The third-order valence-corrected chi connectivity index (χ3v) is 8.00. The molecule has 1 aromatic rings. The Labute approximate surface area is 214 Å². The summed E-state index contributed by atoms with van der Waals surface area (Å²) in [6.07, 6.45) is 6.29. The summed E-state index contributed by atoms with van der Waals surface area (Å²) in [4.78, 5) is 33.1. The second-order valence-electron chi connectivity index (χ2n) is 10.1. The number of hydrogen-bond donors (Lipinski definition) is 0. The molecule has 2 amide bonds. The monoisotopic (exact) mass is 503 g/mol. The number of methoxy groups -OCH3 is 4. The average Bonchev–Trinajstić information content (AvgIpc) is 3.31. The summed E-state index contributed by atoms with van der Waals surface area (Å²) in [5.41, 5.74) is 0.637. The summed E-state index contributed by atoms with van der Waals surface area (Å²) >= 11 is 0. The van der Waals surface area contributed by atoms with Gasteiger partial charge in [0, 0.05) is 51.3 Å². The zero-order chi connectivity index (χ0) is 25.7. The number of anilines is 1. The minimum Gasteiger partial charge on any atom is -0.493 e. The van der Waals surface area contributed by atoms with E-state index in [4.69, 9.17) is 18.9 Å². The van der Waals surface area contributed by atoms with Crippen molar-refractivity contribution in [2.75, 3.05) is 72.7 Å². The van der Waals surface area contributed by atoms with Crippen LogP contribution in [0.3, 0.4) is 0 Å². The predicted octanol–water partition coefficient (Wildman–Crippen LogP) is 2.80. The number of piperidine rings is 2. The van der Waals surface area contributed by atoms with E-state index in [0.29, 0.717) is 54.6 Å². The molecule has 3 fully saturated rings. The molecule has 9 nitrogen and oxygen atoms in total. The van der Waals surface area contributed by atoms with Crippen molar-refractivity contribution in [2.45, 2.75) is 44.6 Å². The van der Waals surface area contributed by atoms with E-state index >= 15 is 0 Å². The Balaban J connectivity index is 1.49. The van der Waals surface area contributed by atoms with Crippen molar-refractivity contribution in [3.05, 3.63) is 12.1 Å². The molecule has 4 rings (SSSR count). The summed E-state index contributed by atoms with van der Waals surface area (Å²) in [5, 5.41) is 0. The van der Waals surface area contributed by atoms with Crippen molar-refractivity contribution in [3.63, 3.8) is 0 Å². The van der Waals surface area contributed by atoms with E-state index in [0.717, 1.165) is 13.0 Å². The number of amides is 2. The van der Waals surface area contributed by atoms with Gasteiger partial charge >= 0.3 is 0 Å². The van der Waals surface area contributed by atoms with Crippen LogP contribution in [0.25, 0.3) is 0 Å². The Kier molecular flexibility index (Phi) is 8.95. The standard InChI is InChI=1S/C27H41N3O6/c1-33-13-12-29(17-19-8-7-11-28-10-6-5-9-22(19)28)27(32)20-14-25(31)30(18-20)21-15-23(34-2)26(36-4)24(16-21)35-3/h15-16,19-20,22H,5-14,17-18H2,1-4H3/t19-,20?,22+/m0/s1. The van der Waals surface area contributed by atoms with Crippen molar-refractivity contribution in [2.24, 2.45) is 11.8 Å². The SMILES string of the molecule is COCCN(C[C@@H]1CCCN2CCCC[C@H]12)C(=O)C1CC(=O)N(c2cc(OC)c(OC)c(OC)c2)C1. The van der Waals surface area contributed by atoms with Crippen molar-refractivity contribution in [1.29, 1.82) is 0 Å². The molecule has 0 N–H and O–H groups in total. The molecule has 36 heavy (non-hydrogen) atoms. The number of carbonyl (C=O) groups excluding carboxylic acids is 2. The van der Waals surface area contributed by atoms with Gasteiger partial charge < -0.3 is 33.6 Å². The lowest BCUT2D eigenvalue weighted by Crippen LogP contribution is -2.52. The van der Waals surface area contributed by atoms with Crippen molar-refractivity contribution in [3.8, 4) is 17.2 Å². The van der Waals surface area contributed by atoms with Gasteiger partial charge in [-0.2, -0.15) is 0 Å². The molecule has 0 bridgehead atoms. The zero-order valence-corrected chi connectivity index (χ0v) is 22.2. The van der Waals surface area contributed by atoms with Gasteiger partial charge in [0.1, 0.15) is 0 Å². The first kappa shape index (κ1) is 26.5. The Hall–Kier alpha value is -2.52. The summed E-state index contributed by atoms with van der Waals surface area (Å²) in [6.45, 7) is 4.46. The molecule has 3 aliphatic rings. The molecule has 0 radical (unpaired) electrons. The first-order chi connectivity index (χ1) is 17.5. The fraction of sp³-hybridized carbons (Fsp3) is 0.704. The Morgan fingerprint density at radius 1 is 1.00 bits per heavy atom. The number of ether oxygens (including phenoxy) is 4. The lowest BCUT2D eigenvalue weighted by Gasteiger charge is -2.46. The topological polar surface area (TPSA) is 80.8 Å². The highest BCUT2D eigenvalue weighted by atomic mass is 16.5. The van der Waals surface area contributed by atoms with Gasteiger partial charge in [-0.15, -0.1) is 0 Å². The molecular formula is C27H41N3O6. The van der Waals surface area contributed by atoms with Crippen LogP contribution in [0.4, 0.5) is 5.69 Å². The van der Waals surface area contributed by atoms with Gasteiger partial charge in [-0.1, -0.05) is 6.42 Å². The van der Waals surface area contributed by atoms with E-state index in [-0.39, 0.29) is 24.2 Å². The first-order valence-electron chi connectivity index (χ1n) is 13.1. The van der Waals surface area contributed by atoms with Crippen LogP contribution in [0.1, 0.15) is 38.5 Å². The number of hydrogen-bond acceptors (Lipinski definition) is 7. The normalized spacial score (nSPS) is 24.4.